The summed E-state index contributed by atoms with van der Waals surface area (Å²) < 4.78 is 22.7. The minimum absolute atomic E-state index is 0.269. The maximum Gasteiger partial charge on any atom is 0.175 e. The first-order valence-electron chi connectivity index (χ1n) is 5.49. The molecule has 0 aromatic heterocycles. The molecule has 2 aromatic carbocycles. The van der Waals surface area contributed by atoms with Gasteiger partial charge in [-0.05, 0) is 36.4 Å². The van der Waals surface area contributed by atoms with Crippen LogP contribution < -0.4 is 11.1 Å². The van der Waals surface area contributed by atoms with Gasteiger partial charge >= 0.3 is 0 Å². The monoisotopic (exact) mass is 296 g/mol. The molecule has 2 rings (SSSR count). The van der Waals surface area contributed by atoms with Gasteiger partial charge in [-0.3, -0.25) is 0 Å². The molecule has 4 nitrogen and oxygen atoms in total. The van der Waals surface area contributed by atoms with Crippen molar-refractivity contribution in [2.75, 3.05) is 17.3 Å². The zero-order valence-electron chi connectivity index (χ0n) is 10.2. The lowest BCUT2D eigenvalue weighted by Gasteiger charge is -2.11. The third-order valence-electron chi connectivity index (χ3n) is 2.60. The molecule has 2 aromatic rings. The van der Waals surface area contributed by atoms with E-state index in [4.69, 9.17) is 17.3 Å². The van der Waals surface area contributed by atoms with Crippen molar-refractivity contribution in [1.29, 1.82) is 0 Å². The molecule has 0 aliphatic carbocycles. The van der Waals surface area contributed by atoms with Crippen LogP contribution in [0.4, 0.5) is 17.1 Å². The molecule has 0 aliphatic heterocycles. The number of hydrogen-bond acceptors (Lipinski definition) is 4. The van der Waals surface area contributed by atoms with Gasteiger partial charge in [0.25, 0.3) is 0 Å². The third kappa shape index (κ3) is 3.19. The number of nitrogens with two attached hydrogens (primary N) is 1. The third-order valence-corrected chi connectivity index (χ3v) is 4.04. The van der Waals surface area contributed by atoms with Crippen molar-refractivity contribution < 1.29 is 8.42 Å². The minimum atomic E-state index is -3.19. The summed E-state index contributed by atoms with van der Waals surface area (Å²) in [4.78, 5) is 0.269. The Kier molecular flexibility index (Phi) is 3.68. The van der Waals surface area contributed by atoms with Crippen LogP contribution in [0.2, 0.25) is 5.02 Å². The van der Waals surface area contributed by atoms with Gasteiger partial charge in [-0.2, -0.15) is 0 Å². The second-order valence-corrected chi connectivity index (χ2v) is 6.55. The number of para-hydroxylation sites is 1. The van der Waals surface area contributed by atoms with Gasteiger partial charge in [-0.15, -0.1) is 0 Å². The second kappa shape index (κ2) is 5.11. The molecule has 3 N–H and O–H groups in total. The molecule has 0 atom stereocenters. The highest BCUT2D eigenvalue weighted by atomic mass is 35.5. The smallest absolute Gasteiger partial charge is 0.175 e. The molecule has 0 unspecified atom stereocenters. The molecule has 0 saturated carbocycles. The first-order valence-corrected chi connectivity index (χ1v) is 7.76. The van der Waals surface area contributed by atoms with Crippen LogP contribution in [0.15, 0.2) is 47.4 Å². The van der Waals surface area contributed by atoms with E-state index in [1.54, 1.807) is 30.3 Å². The quantitative estimate of drug-likeness (QED) is 0.854. The lowest BCUT2D eigenvalue weighted by Crippen LogP contribution is -1.99. The zero-order valence-corrected chi connectivity index (χ0v) is 11.8. The van der Waals surface area contributed by atoms with Crippen molar-refractivity contribution in [2.45, 2.75) is 4.90 Å². The molecule has 100 valence electrons. The topological polar surface area (TPSA) is 72.2 Å². The van der Waals surface area contributed by atoms with E-state index in [-0.39, 0.29) is 4.90 Å². The van der Waals surface area contributed by atoms with Gasteiger partial charge in [0.1, 0.15) is 0 Å². The summed E-state index contributed by atoms with van der Waals surface area (Å²) >= 11 is 6.04. The molecule has 0 aliphatic rings. The summed E-state index contributed by atoms with van der Waals surface area (Å²) in [6.45, 7) is 0. The number of anilines is 3. The van der Waals surface area contributed by atoms with E-state index in [0.717, 1.165) is 0 Å². The largest absolute Gasteiger partial charge is 0.397 e. The summed E-state index contributed by atoms with van der Waals surface area (Å²) in [7, 11) is -3.19. The fourth-order valence-electron chi connectivity index (χ4n) is 1.60. The number of rotatable bonds is 3. The van der Waals surface area contributed by atoms with E-state index in [2.05, 4.69) is 5.32 Å². The average Bonchev–Trinajstić information content (AvgIpc) is 2.33. The summed E-state index contributed by atoms with van der Waals surface area (Å²) in [6, 6.07) is 11.6. The molecule has 19 heavy (non-hydrogen) atoms. The molecule has 0 amide bonds. The average molecular weight is 297 g/mol. The van der Waals surface area contributed by atoms with Crippen molar-refractivity contribution >= 4 is 38.5 Å². The number of sulfone groups is 1. The Labute approximate surface area is 117 Å². The van der Waals surface area contributed by atoms with Gasteiger partial charge in [-0.25, -0.2) is 8.42 Å². The fraction of sp³-hybridized carbons (Fsp3) is 0.0769. The number of nitrogen functional groups attached to an aromatic ring is 1. The second-order valence-electron chi connectivity index (χ2n) is 4.13. The van der Waals surface area contributed by atoms with E-state index in [1.165, 1.54) is 18.4 Å². The normalized spacial score (nSPS) is 11.3. The standard InChI is InChI=1S/C13H13ClN2O2S/c1-19(17,18)10-7-5-9(6-8-10)16-13-11(14)3-2-4-12(13)15/h2-8,16H,15H2,1H3. The van der Waals surface area contributed by atoms with Crippen LogP contribution in [-0.4, -0.2) is 14.7 Å². The zero-order chi connectivity index (χ0) is 14.0. The van der Waals surface area contributed by atoms with Crippen LogP contribution in [0.5, 0.6) is 0 Å². The molecule has 0 heterocycles. The Morgan fingerprint density at radius 2 is 1.74 bits per heavy atom. The summed E-state index contributed by atoms with van der Waals surface area (Å²) in [5, 5.41) is 3.57. The van der Waals surface area contributed by atoms with Crippen LogP contribution in [-0.2, 0) is 9.84 Å². The predicted octanol–water partition coefficient (Wildman–Crippen LogP) is 3.07. The SMILES string of the molecule is CS(=O)(=O)c1ccc(Nc2c(N)cccc2Cl)cc1. The van der Waals surface area contributed by atoms with Gasteiger partial charge < -0.3 is 11.1 Å². The molecule has 0 radical (unpaired) electrons. The summed E-state index contributed by atoms with van der Waals surface area (Å²) in [6.07, 6.45) is 1.17. The van der Waals surface area contributed by atoms with Crippen LogP contribution >= 0.6 is 11.6 Å². The van der Waals surface area contributed by atoms with E-state index >= 15 is 0 Å². The fourth-order valence-corrected chi connectivity index (χ4v) is 2.46. The van der Waals surface area contributed by atoms with Crippen molar-refractivity contribution in [1.82, 2.24) is 0 Å². The first-order chi connectivity index (χ1) is 8.88. The van der Waals surface area contributed by atoms with Gasteiger partial charge in [0.05, 0.1) is 21.3 Å². The predicted molar refractivity (Wildman–Crippen MR) is 78.7 cm³/mol. The number of hydrogen-bond donors (Lipinski definition) is 2. The van der Waals surface area contributed by atoms with E-state index < -0.39 is 9.84 Å². The van der Waals surface area contributed by atoms with E-state index in [0.29, 0.717) is 22.1 Å². The molecular weight excluding hydrogens is 284 g/mol. The summed E-state index contributed by atoms with van der Waals surface area (Å²) in [5.74, 6) is 0. The van der Waals surface area contributed by atoms with Gasteiger partial charge in [0, 0.05) is 11.9 Å². The van der Waals surface area contributed by atoms with Crippen molar-refractivity contribution in [3.05, 3.63) is 47.5 Å². The first kappa shape index (κ1) is 13.7. The van der Waals surface area contributed by atoms with E-state index in [1.807, 2.05) is 0 Å². The van der Waals surface area contributed by atoms with Crippen LogP contribution in [0.1, 0.15) is 0 Å². The highest BCUT2D eigenvalue weighted by molar-refractivity contribution is 7.90. The Hall–Kier alpha value is -1.72. The Morgan fingerprint density at radius 3 is 2.26 bits per heavy atom. The Morgan fingerprint density at radius 1 is 1.11 bits per heavy atom. The highest BCUT2D eigenvalue weighted by Crippen LogP contribution is 2.31. The maximum absolute atomic E-state index is 11.3. The molecule has 0 saturated heterocycles. The molecule has 0 spiro atoms. The maximum atomic E-state index is 11.3. The van der Waals surface area contributed by atoms with Crippen LogP contribution in [0, 0.1) is 0 Å². The molecule has 0 fully saturated rings. The van der Waals surface area contributed by atoms with Gasteiger partial charge in [0.2, 0.25) is 0 Å². The van der Waals surface area contributed by atoms with Crippen molar-refractivity contribution in [3.63, 3.8) is 0 Å². The highest BCUT2D eigenvalue weighted by Gasteiger charge is 2.08. The number of benzene rings is 2. The Balaban J connectivity index is 2.30. The molecule has 0 bridgehead atoms. The van der Waals surface area contributed by atoms with Crippen LogP contribution in [0.25, 0.3) is 0 Å². The number of nitrogens with one attached hydrogen (secondary N) is 1. The summed E-state index contributed by atoms with van der Waals surface area (Å²) in [5.41, 5.74) is 7.68. The van der Waals surface area contributed by atoms with Crippen molar-refractivity contribution in [2.24, 2.45) is 0 Å². The van der Waals surface area contributed by atoms with Gasteiger partial charge in [-0.1, -0.05) is 17.7 Å². The lowest BCUT2D eigenvalue weighted by atomic mass is 10.2. The number of halogens is 1. The minimum Gasteiger partial charge on any atom is -0.397 e. The van der Waals surface area contributed by atoms with Gasteiger partial charge in [0.15, 0.2) is 9.84 Å². The lowest BCUT2D eigenvalue weighted by molar-refractivity contribution is 0.602. The van der Waals surface area contributed by atoms with Crippen LogP contribution in [0.3, 0.4) is 0 Å². The van der Waals surface area contributed by atoms with Crippen molar-refractivity contribution in [3.8, 4) is 0 Å². The van der Waals surface area contributed by atoms with E-state index in [9.17, 15) is 8.42 Å². The Bertz CT molecular complexity index is 677. The molecule has 6 heteroatoms. The molecular formula is C13H13ClN2O2S.